The molecule has 0 spiro atoms. The van der Waals surface area contributed by atoms with Gasteiger partial charge < -0.3 is 37.4 Å². The number of benzene rings is 12. The maximum Gasteiger partial charge on any atom is 0.494 e. The summed E-state index contributed by atoms with van der Waals surface area (Å²) in [6.45, 7) is 34.0. The van der Waals surface area contributed by atoms with Crippen LogP contribution in [-0.4, -0.2) is 69.0 Å². The van der Waals surface area contributed by atoms with Gasteiger partial charge in [0.15, 0.2) is 0 Å². The van der Waals surface area contributed by atoms with Gasteiger partial charge in [-0.05, 0) is 257 Å². The summed E-state index contributed by atoms with van der Waals surface area (Å²) in [6, 6.07) is 62.6. The van der Waals surface area contributed by atoms with Gasteiger partial charge in [0.25, 0.3) is 0 Å². The third-order valence-electron chi connectivity index (χ3n) is 22.9. The van der Waals surface area contributed by atoms with Crippen molar-refractivity contribution in [3.05, 3.63) is 197 Å². The fraction of sp³-hybridized carbons (Fsp3) is 0.317. The van der Waals surface area contributed by atoms with E-state index in [4.69, 9.17) is 37.4 Å². The molecule has 0 N–H and O–H groups in total. The van der Waals surface area contributed by atoms with Crippen molar-refractivity contribution in [1.29, 1.82) is 0 Å². The third-order valence-corrected chi connectivity index (χ3v) is 23.4. The standard InChI is InChI=1S/C38H35BO3.C32H23BrO.C12H24B2O4/c1-36(2)32-17-16-22(39-41-37(3,4)38(5,6)42-39)18-28(32)29-19-27-23-12-8-9-13-24(23)31-21-34(40-7)25-14-10-11-15-26(25)35(31)30(27)20-33(29)36;1-32(2)28-13-12-18(33)14-24(28)25-15-23-19-8-4-5-9-20(19)27-17-30(34-3)21-10-6-7-11-22(21)31(27)26(23)16-29(25)32;1-9(2)10(3,4)16-13(15-9)14-17-11(5,6)12(7,8)18-14/h8-21H,1-7H3;4-17H,1-3H3;1-8H3. The van der Waals surface area contributed by atoms with Crippen molar-refractivity contribution >= 4 is 129 Å². The zero-order valence-electron chi connectivity index (χ0n) is 57.5. The predicted octanol–water partition coefficient (Wildman–Crippen LogP) is 20.5. The van der Waals surface area contributed by atoms with Crippen LogP contribution in [0.4, 0.5) is 0 Å². The molecule has 0 unspecified atom stereocenters. The molecule has 12 aromatic carbocycles. The highest BCUT2D eigenvalue weighted by atomic mass is 79.9. The number of hydrogen-bond donors (Lipinski definition) is 0. The van der Waals surface area contributed by atoms with Crippen molar-refractivity contribution in [3.63, 3.8) is 0 Å². The molecule has 3 heterocycles. The lowest BCUT2D eigenvalue weighted by atomic mass is 9.49. The van der Waals surface area contributed by atoms with Gasteiger partial charge in [-0.1, -0.05) is 165 Å². The van der Waals surface area contributed by atoms with Gasteiger partial charge in [-0.15, -0.1) is 0 Å². The Labute approximate surface area is 562 Å². The molecule has 0 atom stereocenters. The second-order valence-corrected chi connectivity index (χ2v) is 31.6. The number of fused-ring (bicyclic) bond motifs is 22. The van der Waals surface area contributed by atoms with E-state index >= 15 is 0 Å². The number of hydrogen-bond acceptors (Lipinski definition) is 8. The first-order valence-electron chi connectivity index (χ1n) is 33.2. The average molecular weight is 1310 g/mol. The molecule has 0 aromatic heterocycles. The normalized spacial score (nSPS) is 19.4. The zero-order valence-corrected chi connectivity index (χ0v) is 59.1. The Balaban J connectivity index is 0.000000125. The van der Waals surface area contributed by atoms with E-state index in [-0.39, 0.29) is 51.6 Å². The molecule has 3 saturated heterocycles. The number of methoxy groups -OCH3 is 2. The second kappa shape index (κ2) is 21.4. The maximum absolute atomic E-state index is 6.45. The lowest BCUT2D eigenvalue weighted by Crippen LogP contribution is -2.41. The number of ether oxygens (including phenoxy) is 2. The zero-order chi connectivity index (χ0) is 66.4. The summed E-state index contributed by atoms with van der Waals surface area (Å²) >= 11 is 3.71. The minimum Gasteiger partial charge on any atom is -0.496 e. The van der Waals surface area contributed by atoms with Crippen LogP contribution in [0.2, 0.25) is 0 Å². The van der Waals surface area contributed by atoms with Crippen LogP contribution in [-0.2, 0) is 38.8 Å². The molecule has 3 aliphatic heterocycles. The average Bonchev–Trinajstić information content (AvgIpc) is 1.29. The molecule has 0 bridgehead atoms. The van der Waals surface area contributed by atoms with Crippen molar-refractivity contribution in [3.8, 4) is 33.8 Å². The molecular weight excluding hydrogens is 1230 g/mol. The maximum atomic E-state index is 6.45. The first-order chi connectivity index (χ1) is 44.4. The third kappa shape index (κ3) is 9.38. The highest BCUT2D eigenvalue weighted by Crippen LogP contribution is 2.55. The Kier molecular flexibility index (Phi) is 14.3. The van der Waals surface area contributed by atoms with E-state index in [0.29, 0.717) is 0 Å². The molecule has 2 aliphatic carbocycles. The Hall–Kier alpha value is -7.25. The van der Waals surface area contributed by atoms with Crippen LogP contribution in [0.1, 0.15) is 133 Å². The summed E-state index contributed by atoms with van der Waals surface area (Å²) in [5, 5.41) is 20.0. The Morgan fingerprint density at radius 2 is 0.596 bits per heavy atom. The molecule has 5 aliphatic rings. The molecule has 0 saturated carbocycles. The van der Waals surface area contributed by atoms with E-state index in [1.54, 1.807) is 14.2 Å². The first kappa shape index (κ1) is 62.8. The van der Waals surface area contributed by atoms with Gasteiger partial charge in [0.1, 0.15) is 11.5 Å². The van der Waals surface area contributed by atoms with Crippen LogP contribution in [0, 0.1) is 0 Å². The van der Waals surface area contributed by atoms with Crippen LogP contribution in [0.3, 0.4) is 0 Å². The molecule has 12 heteroatoms. The highest BCUT2D eigenvalue weighted by Gasteiger charge is 2.64. The first-order valence-corrected chi connectivity index (χ1v) is 34.0. The van der Waals surface area contributed by atoms with E-state index in [1.807, 2.05) is 55.4 Å². The SMILES string of the molecule is CC1(C)OB(B2OC(C)(C)C(C)(C)O2)OC1(C)C.COc1cc2c3ccccc3c3cc4c(cc3c2c2ccccc12)C(C)(C)c1ccc(B2OC(C)(C)C(C)(C)O2)cc1-4.COc1cc2c3ccccc3c3cc4c(cc3c2c2ccccc12)C(C)(C)c1ccc(Br)cc1-4. The van der Waals surface area contributed by atoms with Gasteiger partial charge in [0.2, 0.25) is 0 Å². The van der Waals surface area contributed by atoms with Gasteiger partial charge in [-0.2, -0.15) is 0 Å². The molecular formula is C82H82B3BrO8. The van der Waals surface area contributed by atoms with Crippen LogP contribution in [0.25, 0.3) is 108 Å². The number of rotatable bonds is 4. The molecule has 3 fully saturated rings. The molecule has 0 radical (unpaired) electrons. The minimum absolute atomic E-state index is 0.0558. The second-order valence-electron chi connectivity index (χ2n) is 30.7. The van der Waals surface area contributed by atoms with Gasteiger partial charge in [-0.25, -0.2) is 0 Å². The Morgan fingerprint density at radius 1 is 0.287 bits per heavy atom. The van der Waals surface area contributed by atoms with E-state index < -0.39 is 14.0 Å². The quantitative estimate of drug-likeness (QED) is 0.127. The van der Waals surface area contributed by atoms with Gasteiger partial charge >= 0.3 is 21.1 Å². The molecule has 94 heavy (non-hydrogen) atoms. The summed E-state index contributed by atoms with van der Waals surface area (Å²) in [7, 11) is 2.19. The summed E-state index contributed by atoms with van der Waals surface area (Å²) in [5.41, 5.74) is 9.39. The van der Waals surface area contributed by atoms with Crippen molar-refractivity contribution in [2.45, 2.75) is 155 Å². The Morgan fingerprint density at radius 3 is 0.979 bits per heavy atom. The van der Waals surface area contributed by atoms with E-state index in [2.05, 4.69) is 241 Å². The topological polar surface area (TPSA) is 73.8 Å². The molecule has 12 aromatic rings. The van der Waals surface area contributed by atoms with Crippen molar-refractivity contribution < 1.29 is 37.4 Å². The fourth-order valence-corrected chi connectivity index (χ4v) is 15.9. The number of halogens is 1. The summed E-state index contributed by atoms with van der Waals surface area (Å²) < 4.78 is 49.6. The van der Waals surface area contributed by atoms with Crippen molar-refractivity contribution in [2.24, 2.45) is 0 Å². The van der Waals surface area contributed by atoms with Crippen LogP contribution in [0.5, 0.6) is 11.5 Å². The Bertz CT molecular complexity index is 5120. The monoisotopic (exact) mass is 1310 g/mol. The van der Waals surface area contributed by atoms with E-state index in [1.165, 1.54) is 120 Å². The molecule has 17 rings (SSSR count). The van der Waals surface area contributed by atoms with Gasteiger partial charge in [0, 0.05) is 26.1 Å². The summed E-state index contributed by atoms with van der Waals surface area (Å²) in [5.74, 6) is 1.83. The molecule has 0 amide bonds. The fourth-order valence-electron chi connectivity index (χ4n) is 15.5. The van der Waals surface area contributed by atoms with Crippen molar-refractivity contribution in [2.75, 3.05) is 14.2 Å². The lowest BCUT2D eigenvalue weighted by Gasteiger charge is -2.32. The van der Waals surface area contributed by atoms with Crippen LogP contribution < -0.4 is 14.9 Å². The van der Waals surface area contributed by atoms with Gasteiger partial charge in [-0.3, -0.25) is 0 Å². The smallest absolute Gasteiger partial charge is 0.494 e. The predicted molar refractivity (Wildman–Crippen MR) is 397 cm³/mol. The van der Waals surface area contributed by atoms with Gasteiger partial charge in [0.05, 0.1) is 47.8 Å². The van der Waals surface area contributed by atoms with Crippen molar-refractivity contribution in [1.82, 2.24) is 0 Å². The highest BCUT2D eigenvalue weighted by molar-refractivity contribution is 9.10. The molecule has 8 nitrogen and oxygen atoms in total. The van der Waals surface area contributed by atoms with E-state index in [0.717, 1.165) is 32.2 Å². The largest absolute Gasteiger partial charge is 0.496 e. The van der Waals surface area contributed by atoms with E-state index in [9.17, 15) is 0 Å². The van der Waals surface area contributed by atoms with Crippen LogP contribution in [0.15, 0.2) is 174 Å². The lowest BCUT2D eigenvalue weighted by molar-refractivity contribution is 0.00578. The minimum atomic E-state index is -0.476. The summed E-state index contributed by atoms with van der Waals surface area (Å²) in [6.07, 6.45) is 0. The molecule has 474 valence electrons. The summed E-state index contributed by atoms with van der Waals surface area (Å²) in [4.78, 5) is 0. The van der Waals surface area contributed by atoms with Crippen LogP contribution >= 0.6 is 15.9 Å².